The Bertz CT molecular complexity index is 1390. The van der Waals surface area contributed by atoms with Crippen LogP contribution in [-0.2, 0) is 54.0 Å². The van der Waals surface area contributed by atoms with Crippen LogP contribution in [0.15, 0.2) is 47.7 Å². The lowest BCUT2D eigenvalue weighted by atomic mass is 9.86. The Morgan fingerprint density at radius 2 is 1.49 bits per heavy atom. The van der Waals surface area contributed by atoms with Gasteiger partial charge >= 0.3 is 17.9 Å². The molecule has 12 atom stereocenters. The zero-order chi connectivity index (χ0) is 37.4. The summed E-state index contributed by atoms with van der Waals surface area (Å²) in [5, 5.41) is 70.7. The third-order valence-electron chi connectivity index (χ3n) is 8.55. The minimum atomic E-state index is -1.73. The summed E-state index contributed by atoms with van der Waals surface area (Å²) in [4.78, 5) is 36.9. The number of hydrogen-bond acceptors (Lipinski definition) is 18. The van der Waals surface area contributed by atoms with Gasteiger partial charge in [0.2, 0.25) is 6.29 Å². The molecule has 1 aromatic rings. The maximum Gasteiger partial charge on any atom is 0.337 e. The molecule has 284 valence electrons. The predicted octanol–water partition coefficient (Wildman–Crippen LogP) is -2.30. The van der Waals surface area contributed by atoms with E-state index in [0.717, 1.165) is 18.9 Å². The SMILES string of the molecule is C/C=C1/[C@H](O[C@@H]2O[C@H](CO)[C@@H](O)[C@H](O)[C@H]2O)OC=C(C(=O)OC)[C@@H]1CC(=O)Oc1ccc(CCO[C@@H]2O[C@H](COC(C)=O)[C@@H](O)[C@H](O)[C@H]2O)cc1. The van der Waals surface area contributed by atoms with Crippen molar-refractivity contribution in [1.29, 1.82) is 0 Å². The fraction of sp³-hybridized carbons (Fsp3) is 0.606. The van der Waals surface area contributed by atoms with E-state index in [1.807, 2.05) is 0 Å². The summed E-state index contributed by atoms with van der Waals surface area (Å²) in [5.41, 5.74) is 0.967. The first-order chi connectivity index (χ1) is 24.3. The van der Waals surface area contributed by atoms with E-state index < -0.39 is 98.1 Å². The van der Waals surface area contributed by atoms with Crippen LogP contribution in [-0.4, -0.2) is 148 Å². The molecule has 0 aromatic heterocycles. The second-order valence-corrected chi connectivity index (χ2v) is 12.0. The van der Waals surface area contributed by atoms with Gasteiger partial charge in [0.15, 0.2) is 12.6 Å². The van der Waals surface area contributed by atoms with Gasteiger partial charge in [-0.05, 0) is 31.0 Å². The van der Waals surface area contributed by atoms with E-state index in [9.17, 15) is 50.1 Å². The monoisotopic (exact) mass is 728 g/mol. The fourth-order valence-electron chi connectivity index (χ4n) is 5.67. The van der Waals surface area contributed by atoms with Crippen molar-refractivity contribution in [3.63, 3.8) is 0 Å². The molecule has 1 aromatic carbocycles. The summed E-state index contributed by atoms with van der Waals surface area (Å²) in [6.45, 7) is 1.77. The van der Waals surface area contributed by atoms with Gasteiger partial charge in [-0.2, -0.15) is 0 Å². The molecule has 2 fully saturated rings. The van der Waals surface area contributed by atoms with E-state index in [0.29, 0.717) is 6.42 Å². The molecule has 4 rings (SSSR count). The molecule has 3 aliphatic heterocycles. The Morgan fingerprint density at radius 3 is 2.10 bits per heavy atom. The Balaban J connectivity index is 1.35. The van der Waals surface area contributed by atoms with E-state index >= 15 is 0 Å². The highest BCUT2D eigenvalue weighted by atomic mass is 16.8. The number of esters is 3. The molecule has 18 heteroatoms. The lowest BCUT2D eigenvalue weighted by molar-refractivity contribution is -0.327. The Kier molecular flexibility index (Phi) is 14.4. The van der Waals surface area contributed by atoms with Crippen molar-refractivity contribution >= 4 is 17.9 Å². The smallest absolute Gasteiger partial charge is 0.337 e. The minimum absolute atomic E-state index is 0.0227. The van der Waals surface area contributed by atoms with Gasteiger partial charge < -0.3 is 73.6 Å². The average Bonchev–Trinajstić information content (AvgIpc) is 3.11. The number of aliphatic hydroxyl groups is 7. The summed E-state index contributed by atoms with van der Waals surface area (Å²) in [6, 6.07) is 6.36. The van der Waals surface area contributed by atoms with Gasteiger partial charge in [-0.1, -0.05) is 18.2 Å². The van der Waals surface area contributed by atoms with Crippen molar-refractivity contribution in [2.24, 2.45) is 5.92 Å². The molecule has 7 N–H and O–H groups in total. The molecule has 3 aliphatic rings. The zero-order valence-electron chi connectivity index (χ0n) is 28.0. The number of methoxy groups -OCH3 is 1. The van der Waals surface area contributed by atoms with Gasteiger partial charge in [0.05, 0.1) is 38.6 Å². The van der Waals surface area contributed by atoms with Gasteiger partial charge in [0, 0.05) is 18.4 Å². The molecule has 0 radical (unpaired) electrons. The maximum atomic E-state index is 13.1. The molecular weight excluding hydrogens is 684 g/mol. The van der Waals surface area contributed by atoms with Crippen LogP contribution < -0.4 is 4.74 Å². The topological polar surface area (TPSA) is 267 Å². The minimum Gasteiger partial charge on any atom is -0.468 e. The molecule has 0 bridgehead atoms. The predicted molar refractivity (Wildman–Crippen MR) is 167 cm³/mol. The van der Waals surface area contributed by atoms with Crippen molar-refractivity contribution in [3.05, 3.63) is 53.3 Å². The first-order valence-electron chi connectivity index (χ1n) is 16.1. The van der Waals surface area contributed by atoms with Crippen LogP contribution in [0.3, 0.4) is 0 Å². The number of carbonyl (C=O) groups is 3. The lowest BCUT2D eigenvalue weighted by Gasteiger charge is -2.41. The first-order valence-corrected chi connectivity index (χ1v) is 16.1. The first kappa shape index (κ1) is 40.2. The molecular formula is C33H44O18. The van der Waals surface area contributed by atoms with E-state index in [-0.39, 0.29) is 36.5 Å². The molecule has 0 spiro atoms. The molecule has 18 nitrogen and oxygen atoms in total. The summed E-state index contributed by atoms with van der Waals surface area (Å²) >= 11 is 0. The standard InChI is InChI=1S/C33H44O18/c1-4-18-19(20(30(43)44-3)13-47-31(18)51-33-29(42)26(39)24(37)21(12-34)49-33)11-23(36)48-17-7-5-16(6-8-17)9-10-45-32-28(41)27(40)25(38)22(50-32)14-46-15(2)35/h4-8,13,19,21-22,24-29,31-34,37-42H,9-12,14H2,1-3H3/b18-4+/t19-,21-,22-,24-,25-,26+,27+,28-,29-,31+,32-,33+/m1/s1. The zero-order valence-corrected chi connectivity index (χ0v) is 28.0. The fourth-order valence-corrected chi connectivity index (χ4v) is 5.67. The third kappa shape index (κ3) is 9.87. The van der Waals surface area contributed by atoms with E-state index in [2.05, 4.69) is 0 Å². The number of hydrogen-bond donors (Lipinski definition) is 7. The van der Waals surface area contributed by atoms with Gasteiger partial charge in [-0.15, -0.1) is 0 Å². The number of benzene rings is 1. The molecule has 0 saturated carbocycles. The summed E-state index contributed by atoms with van der Waals surface area (Å²) < 4.78 is 43.0. The number of allylic oxidation sites excluding steroid dienone is 1. The van der Waals surface area contributed by atoms with Crippen LogP contribution in [0.1, 0.15) is 25.8 Å². The van der Waals surface area contributed by atoms with E-state index in [4.69, 9.17) is 37.9 Å². The Morgan fingerprint density at radius 1 is 0.863 bits per heavy atom. The van der Waals surface area contributed by atoms with Gasteiger partial charge in [0.1, 0.15) is 61.2 Å². The highest BCUT2D eigenvalue weighted by Gasteiger charge is 2.47. The van der Waals surface area contributed by atoms with Crippen molar-refractivity contribution in [2.45, 2.75) is 94.4 Å². The van der Waals surface area contributed by atoms with Gasteiger partial charge in [0.25, 0.3) is 0 Å². The summed E-state index contributed by atoms with van der Waals surface area (Å²) in [7, 11) is 1.15. The molecule has 3 heterocycles. The van der Waals surface area contributed by atoms with Crippen molar-refractivity contribution in [3.8, 4) is 5.75 Å². The summed E-state index contributed by atoms with van der Waals surface area (Å²) in [6.07, 6.45) is -13.7. The van der Waals surface area contributed by atoms with Crippen molar-refractivity contribution in [2.75, 3.05) is 26.9 Å². The Hall–Kier alpha value is -3.53. The van der Waals surface area contributed by atoms with Crippen LogP contribution >= 0.6 is 0 Å². The highest BCUT2D eigenvalue weighted by Crippen LogP contribution is 2.36. The third-order valence-corrected chi connectivity index (χ3v) is 8.55. The number of carbonyl (C=O) groups excluding carboxylic acids is 3. The summed E-state index contributed by atoms with van der Waals surface area (Å²) in [5.74, 6) is -2.94. The number of aliphatic hydroxyl groups excluding tert-OH is 7. The molecule has 0 unspecified atom stereocenters. The van der Waals surface area contributed by atoms with Crippen LogP contribution in [0.5, 0.6) is 5.75 Å². The van der Waals surface area contributed by atoms with Crippen LogP contribution in [0, 0.1) is 5.92 Å². The van der Waals surface area contributed by atoms with Gasteiger partial charge in [-0.25, -0.2) is 4.79 Å². The molecule has 0 aliphatic carbocycles. The van der Waals surface area contributed by atoms with Crippen LogP contribution in [0.2, 0.25) is 0 Å². The lowest BCUT2D eigenvalue weighted by Crippen LogP contribution is -2.60. The number of ether oxygens (including phenoxy) is 8. The van der Waals surface area contributed by atoms with Gasteiger partial charge in [-0.3, -0.25) is 9.59 Å². The highest BCUT2D eigenvalue weighted by molar-refractivity contribution is 5.91. The molecule has 0 amide bonds. The number of rotatable bonds is 13. The quantitative estimate of drug-likeness (QED) is 0.0640. The molecule has 2 saturated heterocycles. The maximum absolute atomic E-state index is 13.1. The molecule has 51 heavy (non-hydrogen) atoms. The van der Waals surface area contributed by atoms with E-state index in [1.54, 1.807) is 19.1 Å². The van der Waals surface area contributed by atoms with Crippen molar-refractivity contribution in [1.82, 2.24) is 0 Å². The second-order valence-electron chi connectivity index (χ2n) is 12.0. The Labute approximate surface area is 292 Å². The van der Waals surface area contributed by atoms with E-state index in [1.165, 1.54) is 25.1 Å². The van der Waals surface area contributed by atoms with Crippen molar-refractivity contribution < 1.29 is 88.0 Å². The normalized spacial score (nSPS) is 34.6. The largest absolute Gasteiger partial charge is 0.468 e. The van der Waals surface area contributed by atoms with Crippen LogP contribution in [0.25, 0.3) is 0 Å². The second kappa shape index (κ2) is 18.3. The van der Waals surface area contributed by atoms with Crippen LogP contribution in [0.4, 0.5) is 0 Å². The average molecular weight is 729 g/mol.